The summed E-state index contributed by atoms with van der Waals surface area (Å²) in [5.74, 6) is 0.932. The van der Waals surface area contributed by atoms with Crippen molar-refractivity contribution in [2.75, 3.05) is 13.1 Å². The Morgan fingerprint density at radius 1 is 1.44 bits per heavy atom. The van der Waals surface area contributed by atoms with Gasteiger partial charge in [-0.2, -0.15) is 0 Å². The minimum Gasteiger partial charge on any atom is -0.507 e. The third-order valence-corrected chi connectivity index (χ3v) is 4.27. The minimum absolute atomic E-state index is 0.459. The van der Waals surface area contributed by atoms with Gasteiger partial charge in [0.15, 0.2) is 0 Å². The number of rotatable bonds is 1. The van der Waals surface area contributed by atoms with E-state index in [4.69, 9.17) is 0 Å². The maximum Gasteiger partial charge on any atom is 0.123 e. The van der Waals surface area contributed by atoms with Crippen LogP contribution in [0, 0.1) is 13.8 Å². The third kappa shape index (κ3) is 2.11. The van der Waals surface area contributed by atoms with Crippen molar-refractivity contribution >= 4 is 15.9 Å². The molecule has 1 fully saturated rings. The first kappa shape index (κ1) is 11.9. The molecular weight excluding hydrogens is 266 g/mol. The molecule has 2 N–H and O–H groups in total. The summed E-state index contributed by atoms with van der Waals surface area (Å²) in [6.07, 6.45) is 2.36. The number of nitrogens with one attached hydrogen (secondary N) is 1. The summed E-state index contributed by atoms with van der Waals surface area (Å²) < 4.78 is 0.995. The lowest BCUT2D eigenvalue weighted by Crippen LogP contribution is -2.28. The SMILES string of the molecule is Cc1cc(Br)c(C)c(O)c1C1CCCNC1. The van der Waals surface area contributed by atoms with Gasteiger partial charge in [-0.3, -0.25) is 0 Å². The van der Waals surface area contributed by atoms with Crippen molar-refractivity contribution in [3.63, 3.8) is 0 Å². The normalized spacial score (nSPS) is 21.1. The molecule has 1 heterocycles. The first-order chi connectivity index (χ1) is 7.61. The highest BCUT2D eigenvalue weighted by molar-refractivity contribution is 9.10. The largest absolute Gasteiger partial charge is 0.507 e. The molecular formula is C13H18BrNO. The molecule has 0 bridgehead atoms. The zero-order chi connectivity index (χ0) is 11.7. The van der Waals surface area contributed by atoms with Gasteiger partial charge in [0.25, 0.3) is 0 Å². The molecule has 1 aliphatic rings. The number of benzene rings is 1. The summed E-state index contributed by atoms with van der Waals surface area (Å²) in [7, 11) is 0. The molecule has 1 aromatic carbocycles. The van der Waals surface area contributed by atoms with Crippen molar-refractivity contribution in [1.29, 1.82) is 0 Å². The molecule has 2 nitrogen and oxygen atoms in total. The van der Waals surface area contributed by atoms with Gasteiger partial charge < -0.3 is 10.4 Å². The minimum atomic E-state index is 0.459. The Hall–Kier alpha value is -0.540. The molecule has 1 saturated heterocycles. The van der Waals surface area contributed by atoms with Crippen LogP contribution >= 0.6 is 15.9 Å². The fourth-order valence-electron chi connectivity index (χ4n) is 2.49. The van der Waals surface area contributed by atoms with Gasteiger partial charge in [-0.05, 0) is 44.9 Å². The van der Waals surface area contributed by atoms with Crippen molar-refractivity contribution < 1.29 is 5.11 Å². The zero-order valence-electron chi connectivity index (χ0n) is 9.81. The number of piperidine rings is 1. The molecule has 2 rings (SSSR count). The van der Waals surface area contributed by atoms with E-state index in [9.17, 15) is 5.11 Å². The van der Waals surface area contributed by atoms with Crippen LogP contribution in [0.1, 0.15) is 35.4 Å². The van der Waals surface area contributed by atoms with Gasteiger partial charge in [-0.25, -0.2) is 0 Å². The summed E-state index contributed by atoms with van der Waals surface area (Å²) in [4.78, 5) is 0. The maximum absolute atomic E-state index is 10.3. The Labute approximate surface area is 105 Å². The van der Waals surface area contributed by atoms with E-state index in [1.807, 2.05) is 6.92 Å². The molecule has 3 heteroatoms. The van der Waals surface area contributed by atoms with Crippen LogP contribution in [0.4, 0.5) is 0 Å². The van der Waals surface area contributed by atoms with Crippen LogP contribution < -0.4 is 5.32 Å². The summed E-state index contributed by atoms with van der Waals surface area (Å²) in [6.45, 7) is 6.12. The molecule has 0 aliphatic carbocycles. The second-order valence-electron chi connectivity index (χ2n) is 4.61. The summed E-state index contributed by atoms with van der Waals surface area (Å²) >= 11 is 3.48. The first-order valence-corrected chi connectivity index (χ1v) is 6.60. The summed E-state index contributed by atoms with van der Waals surface area (Å²) in [6, 6.07) is 2.11. The Bertz CT molecular complexity index is 397. The molecule has 0 amide bonds. The summed E-state index contributed by atoms with van der Waals surface area (Å²) in [5.41, 5.74) is 3.27. The second-order valence-corrected chi connectivity index (χ2v) is 5.46. The van der Waals surface area contributed by atoms with Crippen molar-refractivity contribution in [2.45, 2.75) is 32.6 Å². The molecule has 0 aromatic heterocycles. The van der Waals surface area contributed by atoms with Gasteiger partial charge in [0.2, 0.25) is 0 Å². The average Bonchev–Trinajstić information content (AvgIpc) is 2.28. The molecule has 1 atom stereocenters. The lowest BCUT2D eigenvalue weighted by atomic mass is 9.87. The van der Waals surface area contributed by atoms with Gasteiger partial charge in [0.1, 0.15) is 5.75 Å². The van der Waals surface area contributed by atoms with Crippen LogP contribution in [0.2, 0.25) is 0 Å². The standard InChI is InChI=1S/C13H18BrNO/c1-8-6-11(14)9(2)13(16)12(8)10-4-3-5-15-7-10/h6,10,15-16H,3-5,7H2,1-2H3. The molecule has 1 aliphatic heterocycles. The predicted molar refractivity (Wildman–Crippen MR) is 70.1 cm³/mol. The van der Waals surface area contributed by atoms with E-state index in [0.29, 0.717) is 11.7 Å². The van der Waals surface area contributed by atoms with E-state index >= 15 is 0 Å². The smallest absolute Gasteiger partial charge is 0.123 e. The topological polar surface area (TPSA) is 32.3 Å². The highest BCUT2D eigenvalue weighted by Gasteiger charge is 2.22. The molecule has 0 spiro atoms. The van der Waals surface area contributed by atoms with Gasteiger partial charge in [-0.15, -0.1) is 0 Å². The highest BCUT2D eigenvalue weighted by Crippen LogP contribution is 2.38. The fourth-order valence-corrected chi connectivity index (χ4v) is 3.02. The Kier molecular flexibility index (Phi) is 3.55. The van der Waals surface area contributed by atoms with Crippen LogP contribution in [0.5, 0.6) is 5.75 Å². The number of aryl methyl sites for hydroxylation is 1. The number of phenols is 1. The molecule has 1 aromatic rings. The van der Waals surface area contributed by atoms with E-state index in [-0.39, 0.29) is 0 Å². The number of aromatic hydroxyl groups is 1. The lowest BCUT2D eigenvalue weighted by molar-refractivity contribution is 0.421. The van der Waals surface area contributed by atoms with Crippen molar-refractivity contribution in [3.05, 3.63) is 27.2 Å². The van der Waals surface area contributed by atoms with Crippen molar-refractivity contribution in [2.24, 2.45) is 0 Å². The van der Waals surface area contributed by atoms with Crippen molar-refractivity contribution in [3.8, 4) is 5.75 Å². The predicted octanol–water partition coefficient (Wildman–Crippen LogP) is 3.24. The molecule has 1 unspecified atom stereocenters. The van der Waals surface area contributed by atoms with Crippen LogP contribution in [0.3, 0.4) is 0 Å². The fraction of sp³-hybridized carbons (Fsp3) is 0.538. The van der Waals surface area contributed by atoms with Gasteiger partial charge in [0, 0.05) is 28.1 Å². The summed E-state index contributed by atoms with van der Waals surface area (Å²) in [5, 5.41) is 13.7. The number of hydrogen-bond acceptors (Lipinski definition) is 2. The number of halogens is 1. The van der Waals surface area contributed by atoms with Crippen LogP contribution in [-0.4, -0.2) is 18.2 Å². The molecule has 0 radical (unpaired) electrons. The number of phenolic OH excluding ortho intramolecular Hbond substituents is 1. The molecule has 0 saturated carbocycles. The van der Waals surface area contributed by atoms with E-state index in [1.165, 1.54) is 18.4 Å². The lowest BCUT2D eigenvalue weighted by Gasteiger charge is -2.26. The van der Waals surface area contributed by atoms with E-state index < -0.39 is 0 Å². The third-order valence-electron chi connectivity index (χ3n) is 3.44. The monoisotopic (exact) mass is 283 g/mol. The average molecular weight is 284 g/mol. The molecule has 16 heavy (non-hydrogen) atoms. The van der Waals surface area contributed by atoms with Crippen LogP contribution in [0.25, 0.3) is 0 Å². The van der Waals surface area contributed by atoms with Crippen LogP contribution in [0.15, 0.2) is 10.5 Å². The highest BCUT2D eigenvalue weighted by atomic mass is 79.9. The number of hydrogen-bond donors (Lipinski definition) is 2. The Morgan fingerprint density at radius 2 is 2.19 bits per heavy atom. The zero-order valence-corrected chi connectivity index (χ0v) is 11.4. The van der Waals surface area contributed by atoms with E-state index in [2.05, 4.69) is 34.2 Å². The van der Waals surface area contributed by atoms with E-state index in [1.54, 1.807) is 0 Å². The Morgan fingerprint density at radius 3 is 2.81 bits per heavy atom. The first-order valence-electron chi connectivity index (χ1n) is 5.80. The van der Waals surface area contributed by atoms with Crippen molar-refractivity contribution in [1.82, 2.24) is 5.32 Å². The van der Waals surface area contributed by atoms with Gasteiger partial charge >= 0.3 is 0 Å². The quantitative estimate of drug-likeness (QED) is 0.829. The van der Waals surface area contributed by atoms with Gasteiger partial charge in [0.05, 0.1) is 0 Å². The van der Waals surface area contributed by atoms with Gasteiger partial charge in [-0.1, -0.05) is 15.9 Å². The molecule has 88 valence electrons. The van der Waals surface area contributed by atoms with E-state index in [0.717, 1.165) is 28.7 Å². The second kappa shape index (κ2) is 4.76. The van der Waals surface area contributed by atoms with Crippen LogP contribution in [-0.2, 0) is 0 Å². The maximum atomic E-state index is 10.3. The Balaban J connectivity index is 2.42.